The summed E-state index contributed by atoms with van der Waals surface area (Å²) in [4.78, 5) is 15.0. The van der Waals surface area contributed by atoms with Crippen LogP contribution in [0.3, 0.4) is 0 Å². The Kier molecular flexibility index (Phi) is 6.22. The van der Waals surface area contributed by atoms with E-state index in [-0.39, 0.29) is 18.4 Å². The third-order valence-corrected chi connectivity index (χ3v) is 3.71. The second-order valence-electron chi connectivity index (χ2n) is 6.89. The minimum atomic E-state index is -1.01. The van der Waals surface area contributed by atoms with Crippen molar-refractivity contribution in [3.8, 4) is 11.8 Å². The van der Waals surface area contributed by atoms with Crippen LogP contribution in [0, 0.1) is 0 Å². The summed E-state index contributed by atoms with van der Waals surface area (Å²) >= 11 is 0. The average molecular weight is 388 g/mol. The Bertz CT molecular complexity index is 801. The second-order valence-corrected chi connectivity index (χ2v) is 6.89. The number of benzene rings is 1. The number of ether oxygens (including phenoxy) is 2. The maximum absolute atomic E-state index is 9.88. The first-order chi connectivity index (χ1) is 13.4. The lowest BCUT2D eigenvalue weighted by molar-refractivity contribution is 0.0249. The highest BCUT2D eigenvalue weighted by Gasteiger charge is 2.19. The third-order valence-electron chi connectivity index (χ3n) is 3.71. The van der Waals surface area contributed by atoms with Gasteiger partial charge >= 0.3 is 6.01 Å². The maximum Gasteiger partial charge on any atom is 0.321 e. The van der Waals surface area contributed by atoms with E-state index < -0.39 is 5.60 Å². The predicted molar refractivity (Wildman–Crippen MR) is 104 cm³/mol. The van der Waals surface area contributed by atoms with Gasteiger partial charge in [0.1, 0.15) is 12.4 Å². The molecule has 28 heavy (non-hydrogen) atoms. The van der Waals surface area contributed by atoms with Gasteiger partial charge < -0.3 is 24.6 Å². The maximum atomic E-state index is 9.88. The number of nitrogens with zero attached hydrogens (tertiary/aromatic N) is 5. The first-order valence-corrected chi connectivity index (χ1v) is 8.91. The molecule has 0 atom stereocenters. The Morgan fingerprint density at radius 3 is 2.61 bits per heavy atom. The van der Waals surface area contributed by atoms with Crippen molar-refractivity contribution in [1.82, 2.24) is 15.0 Å². The van der Waals surface area contributed by atoms with Crippen LogP contribution in [0.15, 0.2) is 29.4 Å². The largest absolute Gasteiger partial charge is 0.508 e. The van der Waals surface area contributed by atoms with Crippen LogP contribution in [0.5, 0.6) is 11.8 Å². The highest BCUT2D eigenvalue weighted by Crippen LogP contribution is 2.16. The van der Waals surface area contributed by atoms with Gasteiger partial charge in [0, 0.05) is 13.1 Å². The molecule has 1 aliphatic rings. The summed E-state index contributed by atoms with van der Waals surface area (Å²) in [6.45, 7) is 5.84. The average Bonchev–Trinajstić information content (AvgIpc) is 2.68. The van der Waals surface area contributed by atoms with Gasteiger partial charge in [-0.15, -0.1) is 0 Å². The number of hydrazone groups is 1. The molecule has 0 spiro atoms. The number of morpholine rings is 1. The minimum absolute atomic E-state index is 0.0436. The molecule has 1 aliphatic heterocycles. The molecule has 1 aromatic carbocycles. The zero-order chi connectivity index (χ0) is 20.0. The van der Waals surface area contributed by atoms with E-state index in [9.17, 15) is 10.2 Å². The predicted octanol–water partition coefficient (Wildman–Crippen LogP) is 1.01. The van der Waals surface area contributed by atoms with Gasteiger partial charge in [0.05, 0.1) is 30.7 Å². The molecule has 10 nitrogen and oxygen atoms in total. The molecule has 150 valence electrons. The van der Waals surface area contributed by atoms with Crippen molar-refractivity contribution >= 4 is 17.9 Å². The minimum Gasteiger partial charge on any atom is -0.508 e. The lowest BCUT2D eigenvalue weighted by Gasteiger charge is -2.27. The van der Waals surface area contributed by atoms with Crippen molar-refractivity contribution < 1.29 is 19.7 Å². The van der Waals surface area contributed by atoms with Gasteiger partial charge in [0.25, 0.3) is 0 Å². The molecule has 2 heterocycles. The van der Waals surface area contributed by atoms with Gasteiger partial charge in [-0.1, -0.05) is 0 Å². The molecule has 0 amide bonds. The standard InChI is InChI=1S/C18H24N6O4/c1-18(2,26)12-28-17-21-15(11-19-23-13-3-5-14(25)6-4-13)20-16(22-17)24-7-9-27-10-8-24/h3-6,11,23,25-26H,7-10,12H2,1-2H3/b19-11+. The summed E-state index contributed by atoms with van der Waals surface area (Å²) < 4.78 is 10.9. The number of phenols is 1. The van der Waals surface area contributed by atoms with Gasteiger partial charge in [-0.05, 0) is 38.1 Å². The third kappa shape index (κ3) is 6.03. The number of phenolic OH excluding ortho intramolecular Hbond substituents is 1. The van der Waals surface area contributed by atoms with E-state index in [1.165, 1.54) is 6.21 Å². The quantitative estimate of drug-likeness (QED) is 0.362. The molecule has 1 saturated heterocycles. The zero-order valence-corrected chi connectivity index (χ0v) is 15.9. The van der Waals surface area contributed by atoms with Crippen molar-refractivity contribution in [1.29, 1.82) is 0 Å². The molecule has 0 bridgehead atoms. The lowest BCUT2D eigenvalue weighted by atomic mass is 10.2. The molecule has 3 N–H and O–H groups in total. The number of anilines is 2. The fourth-order valence-electron chi connectivity index (χ4n) is 2.33. The molecule has 1 aromatic heterocycles. The Morgan fingerprint density at radius 1 is 1.21 bits per heavy atom. The number of nitrogens with one attached hydrogen (secondary N) is 1. The van der Waals surface area contributed by atoms with E-state index in [2.05, 4.69) is 25.5 Å². The van der Waals surface area contributed by atoms with Crippen molar-refractivity contribution in [2.24, 2.45) is 5.10 Å². The van der Waals surface area contributed by atoms with Crippen LogP contribution in [0.1, 0.15) is 19.7 Å². The van der Waals surface area contributed by atoms with Crippen LogP contribution >= 0.6 is 0 Å². The van der Waals surface area contributed by atoms with Crippen molar-refractivity contribution in [3.05, 3.63) is 30.1 Å². The van der Waals surface area contributed by atoms with Crippen LogP contribution in [0.2, 0.25) is 0 Å². The highest BCUT2D eigenvalue weighted by molar-refractivity contribution is 5.75. The van der Waals surface area contributed by atoms with E-state index >= 15 is 0 Å². The van der Waals surface area contributed by atoms with E-state index in [4.69, 9.17) is 9.47 Å². The normalized spacial score (nSPS) is 15.0. The van der Waals surface area contributed by atoms with E-state index in [1.807, 2.05) is 4.90 Å². The first-order valence-electron chi connectivity index (χ1n) is 8.91. The Labute approximate surface area is 162 Å². The molecule has 3 rings (SSSR count). The summed E-state index contributed by atoms with van der Waals surface area (Å²) in [7, 11) is 0. The monoisotopic (exact) mass is 388 g/mol. The molecule has 1 fully saturated rings. The van der Waals surface area contributed by atoms with Crippen LogP contribution in [-0.4, -0.2) is 69.9 Å². The van der Waals surface area contributed by atoms with Gasteiger partial charge in [-0.2, -0.15) is 20.1 Å². The number of aromatic hydroxyl groups is 1. The number of rotatable bonds is 7. The van der Waals surface area contributed by atoms with E-state index in [0.717, 1.165) is 0 Å². The van der Waals surface area contributed by atoms with Crippen LogP contribution in [0.25, 0.3) is 0 Å². The molecule has 0 radical (unpaired) electrons. The van der Waals surface area contributed by atoms with Gasteiger partial charge in [-0.25, -0.2) is 0 Å². The first kappa shape index (κ1) is 19.8. The van der Waals surface area contributed by atoms with Gasteiger partial charge in [-0.3, -0.25) is 5.43 Å². The lowest BCUT2D eigenvalue weighted by Crippen LogP contribution is -2.37. The molecule has 10 heteroatoms. The SMILES string of the molecule is CC(C)(O)COc1nc(/C=N/Nc2ccc(O)cc2)nc(N2CCOCC2)n1. The van der Waals surface area contributed by atoms with Crippen LogP contribution in [0.4, 0.5) is 11.6 Å². The Morgan fingerprint density at radius 2 is 1.93 bits per heavy atom. The second kappa shape index (κ2) is 8.81. The zero-order valence-electron chi connectivity index (χ0n) is 15.9. The molecular weight excluding hydrogens is 364 g/mol. The van der Waals surface area contributed by atoms with E-state index in [1.54, 1.807) is 38.1 Å². The number of hydrogen-bond acceptors (Lipinski definition) is 10. The summed E-state index contributed by atoms with van der Waals surface area (Å²) in [5.41, 5.74) is 2.53. The summed E-state index contributed by atoms with van der Waals surface area (Å²) in [6.07, 6.45) is 1.45. The Hall–Kier alpha value is -2.98. The summed E-state index contributed by atoms with van der Waals surface area (Å²) in [5.74, 6) is 0.958. The van der Waals surface area contributed by atoms with Crippen molar-refractivity contribution in [2.75, 3.05) is 43.2 Å². The molecular formula is C18H24N6O4. The fraction of sp³-hybridized carbons (Fsp3) is 0.444. The van der Waals surface area contributed by atoms with Gasteiger partial charge in [0.2, 0.25) is 5.95 Å². The number of aliphatic hydroxyl groups is 1. The highest BCUT2D eigenvalue weighted by atomic mass is 16.5. The van der Waals surface area contributed by atoms with Gasteiger partial charge in [0.15, 0.2) is 5.82 Å². The number of aromatic nitrogens is 3. The smallest absolute Gasteiger partial charge is 0.321 e. The van der Waals surface area contributed by atoms with Crippen molar-refractivity contribution in [3.63, 3.8) is 0 Å². The molecule has 2 aromatic rings. The number of hydrogen-bond donors (Lipinski definition) is 3. The summed E-state index contributed by atoms with van der Waals surface area (Å²) in [6, 6.07) is 6.61. The van der Waals surface area contributed by atoms with Crippen LogP contribution in [-0.2, 0) is 4.74 Å². The van der Waals surface area contributed by atoms with E-state index in [0.29, 0.717) is 43.8 Å². The molecule has 0 saturated carbocycles. The van der Waals surface area contributed by atoms with Crippen LogP contribution < -0.4 is 15.1 Å². The topological polar surface area (TPSA) is 125 Å². The summed E-state index contributed by atoms with van der Waals surface area (Å²) in [5, 5.41) is 23.3. The van der Waals surface area contributed by atoms with Crippen molar-refractivity contribution in [2.45, 2.75) is 19.4 Å². The Balaban J connectivity index is 1.77. The molecule has 0 aliphatic carbocycles. The molecule has 0 unspecified atom stereocenters. The fourth-order valence-corrected chi connectivity index (χ4v) is 2.33.